The molecule has 2 heteroatoms. The molecule has 2 atom stereocenters. The Morgan fingerprint density at radius 3 is 1.71 bits per heavy atom. The van der Waals surface area contributed by atoms with E-state index in [1.807, 2.05) is 6.42 Å². The van der Waals surface area contributed by atoms with Crippen LogP contribution in [-0.4, -0.2) is 22.4 Å². The predicted octanol–water partition coefficient (Wildman–Crippen LogP) is -0.294. The van der Waals surface area contributed by atoms with Crippen LogP contribution < -0.4 is 0 Å². The van der Waals surface area contributed by atoms with Crippen LogP contribution in [0.1, 0.15) is 12.8 Å². The van der Waals surface area contributed by atoms with Crippen LogP contribution in [0.3, 0.4) is 0 Å². The Bertz CT molecular complexity index is 55.1. The summed E-state index contributed by atoms with van der Waals surface area (Å²) in [5.74, 6) is 0. The van der Waals surface area contributed by atoms with Gasteiger partial charge in [0.25, 0.3) is 0 Å². The van der Waals surface area contributed by atoms with Gasteiger partial charge in [0, 0.05) is 0 Å². The highest BCUT2D eigenvalue weighted by molar-refractivity contribution is 4.87. The molecule has 1 rings (SSSR count). The molecule has 0 aromatic rings. The van der Waals surface area contributed by atoms with E-state index in [0.29, 0.717) is 12.8 Å². The molecule has 41 valence electrons. The summed E-state index contributed by atoms with van der Waals surface area (Å²) in [6.45, 7) is 0. The van der Waals surface area contributed by atoms with Gasteiger partial charge >= 0.3 is 0 Å². The van der Waals surface area contributed by atoms with E-state index >= 15 is 0 Å². The molecule has 1 aliphatic rings. The van der Waals surface area contributed by atoms with Gasteiger partial charge in [-0.3, -0.25) is 0 Å². The van der Waals surface area contributed by atoms with Crippen molar-refractivity contribution in [3.63, 3.8) is 0 Å². The molecule has 0 unspecified atom stereocenters. The van der Waals surface area contributed by atoms with E-state index in [9.17, 15) is 0 Å². The lowest BCUT2D eigenvalue weighted by molar-refractivity contribution is 0.0438. The predicted molar refractivity (Wildman–Crippen MR) is 25.5 cm³/mol. The van der Waals surface area contributed by atoms with Crippen LogP contribution in [-0.2, 0) is 0 Å². The van der Waals surface area contributed by atoms with Gasteiger partial charge in [0.15, 0.2) is 0 Å². The van der Waals surface area contributed by atoms with Gasteiger partial charge in [-0.15, -0.1) is 0 Å². The maximum Gasteiger partial charge on any atom is 0.0802 e. The SMILES string of the molecule is O[C@@H]1C[CH]C[C@@H]1O. The highest BCUT2D eigenvalue weighted by Crippen LogP contribution is 2.16. The molecule has 2 nitrogen and oxygen atoms in total. The average Bonchev–Trinajstić information content (AvgIpc) is 1.91. The van der Waals surface area contributed by atoms with Crippen molar-refractivity contribution in [1.29, 1.82) is 0 Å². The first-order valence-corrected chi connectivity index (χ1v) is 2.48. The molecule has 1 fully saturated rings. The van der Waals surface area contributed by atoms with Crippen molar-refractivity contribution in [2.75, 3.05) is 0 Å². The van der Waals surface area contributed by atoms with Crippen LogP contribution in [0, 0.1) is 6.42 Å². The standard InChI is InChI=1S/C5H9O2/c6-4-2-1-3-5(4)7/h1,4-7H,2-3H2/t4-,5+. The molecule has 0 saturated heterocycles. The largest absolute Gasteiger partial charge is 0.390 e. The summed E-state index contributed by atoms with van der Waals surface area (Å²) in [5.41, 5.74) is 0. The maximum absolute atomic E-state index is 8.72. The average molecular weight is 101 g/mol. The zero-order valence-corrected chi connectivity index (χ0v) is 4.04. The molecule has 0 amide bonds. The summed E-state index contributed by atoms with van der Waals surface area (Å²) in [4.78, 5) is 0. The van der Waals surface area contributed by atoms with Crippen molar-refractivity contribution in [2.24, 2.45) is 0 Å². The Hall–Kier alpha value is -0.0800. The van der Waals surface area contributed by atoms with Crippen molar-refractivity contribution in [1.82, 2.24) is 0 Å². The minimum atomic E-state index is -0.486. The Morgan fingerprint density at radius 2 is 1.57 bits per heavy atom. The summed E-state index contributed by atoms with van der Waals surface area (Å²) in [6, 6.07) is 0. The van der Waals surface area contributed by atoms with Crippen LogP contribution in [0.15, 0.2) is 0 Å². The molecule has 7 heavy (non-hydrogen) atoms. The third-order valence-corrected chi connectivity index (χ3v) is 1.26. The first-order chi connectivity index (χ1) is 3.30. The molecule has 1 radical (unpaired) electrons. The van der Waals surface area contributed by atoms with Gasteiger partial charge in [-0.05, 0) is 19.3 Å². The molecule has 0 aromatic carbocycles. The van der Waals surface area contributed by atoms with Crippen LogP contribution in [0.2, 0.25) is 0 Å². The van der Waals surface area contributed by atoms with E-state index in [4.69, 9.17) is 10.2 Å². The Morgan fingerprint density at radius 1 is 1.14 bits per heavy atom. The van der Waals surface area contributed by atoms with Crippen molar-refractivity contribution in [2.45, 2.75) is 25.0 Å². The Labute approximate surface area is 42.8 Å². The fraction of sp³-hybridized carbons (Fsp3) is 0.800. The number of hydrogen-bond donors (Lipinski definition) is 2. The highest BCUT2D eigenvalue weighted by atomic mass is 16.3. The van der Waals surface area contributed by atoms with Crippen molar-refractivity contribution < 1.29 is 10.2 Å². The first-order valence-electron chi connectivity index (χ1n) is 2.48. The lowest BCUT2D eigenvalue weighted by Gasteiger charge is -2.03. The zero-order valence-electron chi connectivity index (χ0n) is 4.04. The quantitative estimate of drug-likeness (QED) is 0.440. The monoisotopic (exact) mass is 101 g/mol. The topological polar surface area (TPSA) is 40.5 Å². The van der Waals surface area contributed by atoms with Crippen molar-refractivity contribution in [3.8, 4) is 0 Å². The summed E-state index contributed by atoms with van der Waals surface area (Å²) in [6.07, 6.45) is 2.23. The highest BCUT2D eigenvalue weighted by Gasteiger charge is 2.21. The van der Waals surface area contributed by atoms with Gasteiger partial charge < -0.3 is 10.2 Å². The fourth-order valence-electron chi connectivity index (χ4n) is 0.752. The molecule has 0 heterocycles. The first kappa shape index (κ1) is 5.06. The van der Waals surface area contributed by atoms with Gasteiger partial charge in [0.2, 0.25) is 0 Å². The minimum absolute atomic E-state index is 0.486. The Balaban J connectivity index is 2.33. The maximum atomic E-state index is 8.72. The van der Waals surface area contributed by atoms with E-state index < -0.39 is 12.2 Å². The van der Waals surface area contributed by atoms with E-state index in [1.165, 1.54) is 0 Å². The summed E-state index contributed by atoms with van der Waals surface area (Å²) in [5, 5.41) is 17.4. The zero-order chi connectivity index (χ0) is 5.28. The van der Waals surface area contributed by atoms with Crippen LogP contribution in [0.25, 0.3) is 0 Å². The second-order valence-corrected chi connectivity index (χ2v) is 1.89. The van der Waals surface area contributed by atoms with Crippen molar-refractivity contribution >= 4 is 0 Å². The molecule has 0 bridgehead atoms. The Kier molecular flexibility index (Phi) is 1.30. The molecular formula is C5H9O2. The number of hydrogen-bond acceptors (Lipinski definition) is 2. The van der Waals surface area contributed by atoms with Crippen LogP contribution in [0.4, 0.5) is 0 Å². The van der Waals surface area contributed by atoms with Gasteiger partial charge in [0.05, 0.1) is 12.2 Å². The second kappa shape index (κ2) is 1.80. The summed E-state index contributed by atoms with van der Waals surface area (Å²) in [7, 11) is 0. The van der Waals surface area contributed by atoms with Crippen LogP contribution >= 0.6 is 0 Å². The summed E-state index contributed by atoms with van der Waals surface area (Å²) < 4.78 is 0. The number of aliphatic hydroxyl groups is 2. The molecule has 1 aliphatic carbocycles. The third kappa shape index (κ3) is 0.924. The van der Waals surface area contributed by atoms with Gasteiger partial charge in [-0.1, -0.05) is 0 Å². The second-order valence-electron chi connectivity index (χ2n) is 1.89. The normalized spacial score (nSPS) is 42.0. The molecule has 1 saturated carbocycles. The molecule has 0 aromatic heterocycles. The molecule has 0 spiro atoms. The lowest BCUT2D eigenvalue weighted by atomic mass is 10.3. The van der Waals surface area contributed by atoms with E-state index in [0.717, 1.165) is 0 Å². The smallest absolute Gasteiger partial charge is 0.0802 e. The minimum Gasteiger partial charge on any atom is -0.390 e. The van der Waals surface area contributed by atoms with E-state index in [-0.39, 0.29) is 0 Å². The van der Waals surface area contributed by atoms with E-state index in [2.05, 4.69) is 0 Å². The molecular weight excluding hydrogens is 92.1 g/mol. The van der Waals surface area contributed by atoms with Crippen molar-refractivity contribution in [3.05, 3.63) is 6.42 Å². The van der Waals surface area contributed by atoms with Gasteiger partial charge in [-0.25, -0.2) is 0 Å². The van der Waals surface area contributed by atoms with Gasteiger partial charge in [-0.2, -0.15) is 0 Å². The van der Waals surface area contributed by atoms with Crippen LogP contribution in [0.5, 0.6) is 0 Å². The number of rotatable bonds is 0. The van der Waals surface area contributed by atoms with E-state index in [1.54, 1.807) is 0 Å². The third-order valence-electron chi connectivity index (χ3n) is 1.26. The molecule has 0 aliphatic heterocycles. The fourth-order valence-corrected chi connectivity index (χ4v) is 0.752. The molecule has 2 N–H and O–H groups in total. The van der Waals surface area contributed by atoms with Gasteiger partial charge in [0.1, 0.15) is 0 Å². The number of aliphatic hydroxyl groups excluding tert-OH is 2. The summed E-state index contributed by atoms with van der Waals surface area (Å²) >= 11 is 0. The lowest BCUT2D eigenvalue weighted by Crippen LogP contribution is -2.17.